The van der Waals surface area contributed by atoms with Gasteiger partial charge in [-0.25, -0.2) is 4.79 Å². The van der Waals surface area contributed by atoms with Crippen molar-refractivity contribution in [3.05, 3.63) is 71.8 Å². The van der Waals surface area contributed by atoms with E-state index in [-0.39, 0.29) is 32.5 Å². The first-order chi connectivity index (χ1) is 15.0. The second-order valence-electron chi connectivity index (χ2n) is 6.59. The molecule has 0 aliphatic heterocycles. The average Bonchev–Trinajstić information content (AvgIpc) is 2.77. The predicted molar refractivity (Wildman–Crippen MR) is 118 cm³/mol. The van der Waals surface area contributed by atoms with E-state index in [1.54, 1.807) is 13.8 Å². The first kappa shape index (κ1) is 24.6. The summed E-state index contributed by atoms with van der Waals surface area (Å²) < 4.78 is 28.2. The summed E-state index contributed by atoms with van der Waals surface area (Å²) in [6.45, 7) is 3.83. The third-order valence-corrected chi connectivity index (χ3v) is 6.05. The van der Waals surface area contributed by atoms with E-state index < -0.39 is 25.6 Å². The van der Waals surface area contributed by atoms with Crippen molar-refractivity contribution >= 4 is 19.6 Å². The molecule has 0 fully saturated rings. The molecule has 9 heteroatoms. The Morgan fingerprint density at radius 3 is 2.00 bits per heavy atom. The maximum atomic E-state index is 12.8. The minimum absolute atomic E-state index is 0.0796. The molecule has 0 radical (unpaired) electrons. The van der Waals surface area contributed by atoms with Crippen molar-refractivity contribution < 1.29 is 27.9 Å². The topological polar surface area (TPSA) is 103 Å². The zero-order valence-corrected chi connectivity index (χ0v) is 18.7. The summed E-state index contributed by atoms with van der Waals surface area (Å²) in [4.78, 5) is 25.1. The maximum Gasteiger partial charge on any atom is 0.408 e. The number of carbonyl (C=O) groups excluding carboxylic acids is 2. The average molecular weight is 448 g/mol. The minimum Gasteiger partial charge on any atom is -0.445 e. The molecule has 8 nitrogen and oxygen atoms in total. The molecule has 2 aromatic rings. The fourth-order valence-corrected chi connectivity index (χ4v) is 4.18. The van der Waals surface area contributed by atoms with Crippen molar-refractivity contribution in [3.8, 4) is 0 Å². The number of alkyl carbamates (subject to hydrolysis) is 1. The number of ether oxygens (including phenoxy) is 1. The number of benzene rings is 2. The number of amides is 2. The van der Waals surface area contributed by atoms with Crippen LogP contribution in [0, 0.1) is 0 Å². The van der Waals surface area contributed by atoms with Crippen LogP contribution in [0.3, 0.4) is 0 Å². The number of carbonyl (C=O) groups is 2. The normalized spacial score (nSPS) is 12.1. The summed E-state index contributed by atoms with van der Waals surface area (Å²) in [5, 5.41) is 5.16. The smallest absolute Gasteiger partial charge is 0.408 e. The van der Waals surface area contributed by atoms with Crippen molar-refractivity contribution in [1.82, 2.24) is 10.6 Å². The van der Waals surface area contributed by atoms with Crippen molar-refractivity contribution in [3.63, 3.8) is 0 Å². The Morgan fingerprint density at radius 1 is 0.903 bits per heavy atom. The van der Waals surface area contributed by atoms with Crippen LogP contribution in [-0.2, 0) is 36.2 Å². The highest BCUT2D eigenvalue weighted by Crippen LogP contribution is 2.46. The molecule has 0 heterocycles. The third kappa shape index (κ3) is 8.92. The fraction of sp³-hybridized carbons (Fsp3) is 0.364. The SMILES string of the molecule is CCOP(=O)(CNC(=O)[C@H](Cc1ccccc1)NC(=O)OCc1ccccc1)OCC. The molecular formula is C22H29N2O6P. The van der Waals surface area contributed by atoms with Gasteiger partial charge < -0.3 is 24.4 Å². The Labute approximate surface area is 182 Å². The molecular weight excluding hydrogens is 419 g/mol. The van der Waals surface area contributed by atoms with Crippen LogP contribution in [0.2, 0.25) is 0 Å². The fourth-order valence-electron chi connectivity index (χ4n) is 2.79. The molecule has 168 valence electrons. The summed E-state index contributed by atoms with van der Waals surface area (Å²) in [5.74, 6) is -0.514. The van der Waals surface area contributed by atoms with E-state index in [1.807, 2.05) is 60.7 Å². The lowest BCUT2D eigenvalue weighted by atomic mass is 10.1. The molecule has 0 unspecified atom stereocenters. The van der Waals surface area contributed by atoms with Gasteiger partial charge in [0, 0.05) is 6.42 Å². The van der Waals surface area contributed by atoms with Gasteiger partial charge >= 0.3 is 13.7 Å². The Hall–Kier alpha value is -2.67. The molecule has 2 amide bonds. The Morgan fingerprint density at radius 2 is 1.45 bits per heavy atom. The number of hydrogen-bond donors (Lipinski definition) is 2. The Balaban J connectivity index is 2.02. The largest absolute Gasteiger partial charge is 0.445 e. The summed E-state index contributed by atoms with van der Waals surface area (Å²) >= 11 is 0. The van der Waals surface area contributed by atoms with Gasteiger partial charge in [0.2, 0.25) is 5.91 Å². The molecule has 0 aromatic heterocycles. The van der Waals surface area contributed by atoms with Crippen LogP contribution in [0.5, 0.6) is 0 Å². The first-order valence-corrected chi connectivity index (χ1v) is 11.9. The molecule has 0 aliphatic rings. The summed E-state index contributed by atoms with van der Waals surface area (Å²) in [7, 11) is -3.46. The highest BCUT2D eigenvalue weighted by molar-refractivity contribution is 7.53. The monoisotopic (exact) mass is 448 g/mol. The van der Waals surface area contributed by atoms with Gasteiger partial charge in [0.25, 0.3) is 0 Å². The molecule has 31 heavy (non-hydrogen) atoms. The van der Waals surface area contributed by atoms with Crippen LogP contribution in [0.15, 0.2) is 60.7 Å². The van der Waals surface area contributed by atoms with E-state index in [0.29, 0.717) is 0 Å². The van der Waals surface area contributed by atoms with Crippen LogP contribution in [0.1, 0.15) is 25.0 Å². The van der Waals surface area contributed by atoms with Crippen molar-refractivity contribution in [1.29, 1.82) is 0 Å². The lowest BCUT2D eigenvalue weighted by molar-refractivity contribution is -0.122. The molecule has 2 rings (SSSR count). The molecule has 0 spiro atoms. The van der Waals surface area contributed by atoms with Gasteiger partial charge in [0.05, 0.1) is 13.2 Å². The van der Waals surface area contributed by atoms with Gasteiger partial charge in [-0.1, -0.05) is 60.7 Å². The molecule has 0 saturated carbocycles. The van der Waals surface area contributed by atoms with Crippen LogP contribution in [0.4, 0.5) is 4.79 Å². The lowest BCUT2D eigenvalue weighted by Crippen LogP contribution is -2.48. The van der Waals surface area contributed by atoms with Gasteiger partial charge in [-0.15, -0.1) is 0 Å². The maximum absolute atomic E-state index is 12.8. The van der Waals surface area contributed by atoms with Crippen LogP contribution in [0.25, 0.3) is 0 Å². The molecule has 0 bridgehead atoms. The number of rotatable bonds is 12. The van der Waals surface area contributed by atoms with Crippen molar-refractivity contribution in [2.75, 3.05) is 19.5 Å². The zero-order valence-electron chi connectivity index (χ0n) is 17.8. The highest BCUT2D eigenvalue weighted by atomic mass is 31.2. The standard InChI is InChI=1S/C22H29N2O6P/c1-3-29-31(27,30-4-2)17-23-21(25)20(15-18-11-7-5-8-12-18)24-22(26)28-16-19-13-9-6-10-14-19/h5-14,20H,3-4,15-17H2,1-2H3,(H,23,25)(H,24,26)/t20-/m0/s1. The molecule has 1 atom stereocenters. The second-order valence-corrected chi connectivity index (χ2v) is 8.65. The van der Waals surface area contributed by atoms with Crippen molar-refractivity contribution in [2.24, 2.45) is 0 Å². The molecule has 2 aromatic carbocycles. The van der Waals surface area contributed by atoms with Gasteiger partial charge in [-0.05, 0) is 25.0 Å². The van der Waals surface area contributed by atoms with Crippen molar-refractivity contribution in [2.45, 2.75) is 32.9 Å². The summed E-state index contributed by atoms with van der Waals surface area (Å²) in [5.41, 5.74) is 1.68. The van der Waals surface area contributed by atoms with E-state index in [4.69, 9.17) is 13.8 Å². The number of nitrogens with one attached hydrogen (secondary N) is 2. The van der Waals surface area contributed by atoms with Crippen LogP contribution >= 0.6 is 7.60 Å². The van der Waals surface area contributed by atoms with Gasteiger partial charge in [0.15, 0.2) is 0 Å². The summed E-state index contributed by atoms with van der Waals surface area (Å²) in [6, 6.07) is 17.5. The molecule has 2 N–H and O–H groups in total. The molecule has 0 aliphatic carbocycles. The summed E-state index contributed by atoms with van der Waals surface area (Å²) in [6.07, 6.45) is -0.780. The lowest BCUT2D eigenvalue weighted by Gasteiger charge is -2.21. The highest BCUT2D eigenvalue weighted by Gasteiger charge is 2.28. The molecule has 0 saturated heterocycles. The Kier molecular flexibility index (Phi) is 10.2. The van der Waals surface area contributed by atoms with Crippen LogP contribution < -0.4 is 10.6 Å². The van der Waals surface area contributed by atoms with Gasteiger partial charge in [-0.3, -0.25) is 9.36 Å². The van der Waals surface area contributed by atoms with Gasteiger partial charge in [-0.2, -0.15) is 0 Å². The quantitative estimate of drug-likeness (QED) is 0.478. The van der Waals surface area contributed by atoms with E-state index in [9.17, 15) is 14.2 Å². The number of hydrogen-bond acceptors (Lipinski definition) is 6. The second kappa shape index (κ2) is 12.9. The predicted octanol–water partition coefficient (Wildman–Crippen LogP) is 3.86. The van der Waals surface area contributed by atoms with Gasteiger partial charge in [0.1, 0.15) is 18.9 Å². The van der Waals surface area contributed by atoms with Crippen LogP contribution in [-0.4, -0.2) is 37.5 Å². The van der Waals surface area contributed by atoms with E-state index in [1.165, 1.54) is 0 Å². The third-order valence-electron chi connectivity index (χ3n) is 4.20. The van der Waals surface area contributed by atoms with E-state index in [2.05, 4.69) is 10.6 Å². The van der Waals surface area contributed by atoms with E-state index in [0.717, 1.165) is 11.1 Å². The first-order valence-electron chi connectivity index (χ1n) is 10.1. The minimum atomic E-state index is -3.46. The van der Waals surface area contributed by atoms with E-state index >= 15 is 0 Å². The Bertz CT molecular complexity index is 853. The zero-order chi connectivity index (χ0) is 22.5.